The third-order valence-electron chi connectivity index (χ3n) is 4.24. The molecule has 0 unspecified atom stereocenters. The lowest BCUT2D eigenvalue weighted by Crippen LogP contribution is -2.27. The summed E-state index contributed by atoms with van der Waals surface area (Å²) >= 11 is 0. The highest BCUT2D eigenvalue weighted by atomic mass is 16.4. The smallest absolute Gasteiger partial charge is 0.353 e. The average molecular weight is 293 g/mol. The topological polar surface area (TPSA) is 95.1 Å². The molecule has 1 heterocycles. The molecule has 0 spiro atoms. The van der Waals surface area contributed by atoms with Crippen molar-refractivity contribution in [3.05, 3.63) is 11.8 Å². The summed E-state index contributed by atoms with van der Waals surface area (Å²) in [5, 5.41) is 17.7. The summed E-state index contributed by atoms with van der Waals surface area (Å²) in [6.07, 6.45) is 7.81. The van der Waals surface area contributed by atoms with E-state index in [9.17, 15) is 9.59 Å². The van der Waals surface area contributed by atoms with Gasteiger partial charge in [0.1, 0.15) is 5.69 Å². The molecule has 2 rings (SSSR count). The second-order valence-corrected chi connectivity index (χ2v) is 5.82. The van der Waals surface area contributed by atoms with Crippen molar-refractivity contribution in [2.24, 2.45) is 11.8 Å². The number of carbonyl (C=O) groups is 2. The second-order valence-electron chi connectivity index (χ2n) is 5.82. The van der Waals surface area contributed by atoms with E-state index >= 15 is 0 Å². The van der Waals surface area contributed by atoms with Gasteiger partial charge in [-0.25, -0.2) is 4.79 Å². The first-order valence-electron chi connectivity index (χ1n) is 7.69. The number of hydrogen-bond donors (Lipinski definition) is 3. The third kappa shape index (κ3) is 4.31. The van der Waals surface area contributed by atoms with Crippen LogP contribution in [-0.4, -0.2) is 27.2 Å². The lowest BCUT2D eigenvalue weighted by atomic mass is 9.79. The van der Waals surface area contributed by atoms with E-state index in [0.717, 1.165) is 31.6 Å². The van der Waals surface area contributed by atoms with Crippen LogP contribution in [0.25, 0.3) is 0 Å². The molecule has 1 aliphatic carbocycles. The maximum absolute atomic E-state index is 12.2. The van der Waals surface area contributed by atoms with Crippen molar-refractivity contribution in [2.75, 3.05) is 5.32 Å². The van der Waals surface area contributed by atoms with Crippen LogP contribution in [0.15, 0.2) is 6.07 Å². The molecule has 0 aromatic carbocycles. The minimum Gasteiger partial charge on any atom is -0.477 e. The molecule has 1 fully saturated rings. The Hall–Kier alpha value is -1.85. The molecule has 6 heteroatoms. The molecule has 3 N–H and O–H groups in total. The zero-order valence-electron chi connectivity index (χ0n) is 12.4. The van der Waals surface area contributed by atoms with E-state index in [4.69, 9.17) is 5.11 Å². The van der Waals surface area contributed by atoms with Crippen molar-refractivity contribution in [1.29, 1.82) is 0 Å². The standard InChI is InChI=1S/C15H23N3O3/c1-2-3-4-10-5-7-11(8-6-10)14(19)16-13-9-12(15(20)21)17-18-13/h9-11H,2-8H2,1H3,(H,20,21)(H2,16,17,18,19). The van der Waals surface area contributed by atoms with Gasteiger partial charge in [-0.1, -0.05) is 26.2 Å². The number of aromatic nitrogens is 2. The van der Waals surface area contributed by atoms with Crippen LogP contribution < -0.4 is 5.32 Å². The maximum atomic E-state index is 12.2. The quantitative estimate of drug-likeness (QED) is 0.751. The first-order valence-corrected chi connectivity index (χ1v) is 7.69. The highest BCUT2D eigenvalue weighted by Crippen LogP contribution is 2.32. The van der Waals surface area contributed by atoms with Crippen LogP contribution in [0, 0.1) is 11.8 Å². The number of anilines is 1. The fourth-order valence-electron chi connectivity index (χ4n) is 2.93. The maximum Gasteiger partial charge on any atom is 0.353 e. The van der Waals surface area contributed by atoms with Crippen LogP contribution in [0.5, 0.6) is 0 Å². The van der Waals surface area contributed by atoms with Gasteiger partial charge in [0.25, 0.3) is 0 Å². The number of hydrogen-bond acceptors (Lipinski definition) is 3. The minimum atomic E-state index is -1.08. The van der Waals surface area contributed by atoms with Gasteiger partial charge in [0.05, 0.1) is 0 Å². The third-order valence-corrected chi connectivity index (χ3v) is 4.24. The summed E-state index contributed by atoms with van der Waals surface area (Å²) in [5.74, 6) is -0.0665. The van der Waals surface area contributed by atoms with E-state index in [2.05, 4.69) is 22.4 Å². The summed E-state index contributed by atoms with van der Waals surface area (Å²) < 4.78 is 0. The highest BCUT2D eigenvalue weighted by Gasteiger charge is 2.26. The summed E-state index contributed by atoms with van der Waals surface area (Å²) in [6.45, 7) is 2.20. The predicted molar refractivity (Wildman–Crippen MR) is 79.1 cm³/mol. The van der Waals surface area contributed by atoms with E-state index in [1.165, 1.54) is 25.3 Å². The van der Waals surface area contributed by atoms with Gasteiger partial charge in [0.2, 0.25) is 5.91 Å². The summed E-state index contributed by atoms with van der Waals surface area (Å²) in [5.41, 5.74) is -0.0198. The molecule has 1 aliphatic rings. The summed E-state index contributed by atoms with van der Waals surface area (Å²) in [7, 11) is 0. The molecule has 21 heavy (non-hydrogen) atoms. The van der Waals surface area contributed by atoms with Gasteiger partial charge in [-0.05, 0) is 31.6 Å². The fraction of sp³-hybridized carbons (Fsp3) is 0.667. The number of nitrogens with zero attached hydrogens (tertiary/aromatic N) is 1. The molecule has 1 amide bonds. The Morgan fingerprint density at radius 2 is 2.10 bits per heavy atom. The number of amides is 1. The van der Waals surface area contributed by atoms with E-state index in [1.807, 2.05) is 0 Å². The number of unbranched alkanes of at least 4 members (excludes halogenated alkanes) is 1. The number of carboxylic acid groups (broad SMARTS) is 1. The van der Waals surface area contributed by atoms with E-state index < -0.39 is 5.97 Å². The Bertz CT molecular complexity index is 490. The first kappa shape index (κ1) is 15.5. The van der Waals surface area contributed by atoms with Crippen molar-refractivity contribution >= 4 is 17.7 Å². The zero-order chi connectivity index (χ0) is 15.2. The minimum absolute atomic E-state index is 0.0198. The Balaban J connectivity index is 1.80. The van der Waals surface area contributed by atoms with Crippen LogP contribution in [0.1, 0.15) is 62.4 Å². The Morgan fingerprint density at radius 1 is 1.38 bits per heavy atom. The summed E-state index contributed by atoms with van der Waals surface area (Å²) in [4.78, 5) is 22.9. The van der Waals surface area contributed by atoms with Crippen LogP contribution in [0.3, 0.4) is 0 Å². The lowest BCUT2D eigenvalue weighted by molar-refractivity contribution is -0.121. The molecule has 1 aromatic rings. The van der Waals surface area contributed by atoms with Gasteiger partial charge >= 0.3 is 5.97 Å². The van der Waals surface area contributed by atoms with Crippen molar-refractivity contribution in [2.45, 2.75) is 51.9 Å². The van der Waals surface area contributed by atoms with E-state index in [1.54, 1.807) is 0 Å². The Kier molecular flexibility index (Phi) is 5.36. The first-order chi connectivity index (χ1) is 10.1. The molecule has 1 saturated carbocycles. The largest absolute Gasteiger partial charge is 0.477 e. The van der Waals surface area contributed by atoms with Crippen molar-refractivity contribution in [3.8, 4) is 0 Å². The van der Waals surface area contributed by atoms with E-state index in [0.29, 0.717) is 0 Å². The molecule has 0 atom stereocenters. The van der Waals surface area contributed by atoms with Crippen molar-refractivity contribution in [1.82, 2.24) is 10.2 Å². The van der Waals surface area contributed by atoms with Crippen molar-refractivity contribution < 1.29 is 14.7 Å². The predicted octanol–water partition coefficient (Wildman–Crippen LogP) is 3.04. The summed E-state index contributed by atoms with van der Waals surface area (Å²) in [6, 6.07) is 1.34. The van der Waals surface area contributed by atoms with Crippen molar-refractivity contribution in [3.63, 3.8) is 0 Å². The molecular weight excluding hydrogens is 270 g/mol. The molecule has 0 radical (unpaired) electrons. The van der Waals surface area contributed by atoms with Crippen LogP contribution in [0.2, 0.25) is 0 Å². The molecule has 116 valence electrons. The Morgan fingerprint density at radius 3 is 2.67 bits per heavy atom. The lowest BCUT2D eigenvalue weighted by Gasteiger charge is -2.27. The van der Waals surface area contributed by atoms with Crippen LogP contribution in [0.4, 0.5) is 5.82 Å². The SMILES string of the molecule is CCCCC1CCC(C(=O)Nc2cc(C(=O)O)[nH]n2)CC1. The van der Waals surface area contributed by atoms with Gasteiger partial charge in [0, 0.05) is 12.0 Å². The number of carboxylic acids is 1. The number of rotatable bonds is 6. The number of aromatic amines is 1. The van der Waals surface area contributed by atoms with E-state index in [-0.39, 0.29) is 23.3 Å². The monoisotopic (exact) mass is 293 g/mol. The van der Waals surface area contributed by atoms with Gasteiger partial charge < -0.3 is 10.4 Å². The fourth-order valence-corrected chi connectivity index (χ4v) is 2.93. The van der Waals surface area contributed by atoms with Gasteiger partial charge in [-0.2, -0.15) is 5.10 Å². The number of H-pyrrole nitrogens is 1. The normalized spacial score (nSPS) is 22.0. The zero-order valence-corrected chi connectivity index (χ0v) is 12.4. The average Bonchev–Trinajstić information content (AvgIpc) is 2.94. The van der Waals surface area contributed by atoms with Gasteiger partial charge in [-0.15, -0.1) is 0 Å². The van der Waals surface area contributed by atoms with Crippen LogP contribution in [-0.2, 0) is 4.79 Å². The second kappa shape index (κ2) is 7.24. The van der Waals surface area contributed by atoms with Gasteiger partial charge in [-0.3, -0.25) is 9.89 Å². The number of carbonyl (C=O) groups excluding carboxylic acids is 1. The molecular formula is C15H23N3O3. The molecule has 0 saturated heterocycles. The highest BCUT2D eigenvalue weighted by molar-refractivity contribution is 5.93. The molecule has 0 bridgehead atoms. The molecule has 6 nitrogen and oxygen atoms in total. The number of nitrogens with one attached hydrogen (secondary N) is 2. The van der Waals surface area contributed by atoms with Crippen LogP contribution >= 0.6 is 0 Å². The Labute approximate surface area is 124 Å². The number of aromatic carboxylic acids is 1. The molecule has 1 aromatic heterocycles. The van der Waals surface area contributed by atoms with Gasteiger partial charge in [0.15, 0.2) is 5.82 Å². The molecule has 0 aliphatic heterocycles.